The van der Waals surface area contributed by atoms with Crippen LogP contribution in [0.25, 0.3) is 0 Å². The minimum atomic E-state index is -0.165. The molecule has 7 nitrogen and oxygen atoms in total. The maximum Gasteiger partial charge on any atom is 0.273 e. The third-order valence-electron chi connectivity index (χ3n) is 4.04. The normalized spacial score (nSPS) is 19.9. The molecule has 1 amide bonds. The molecule has 0 aliphatic carbocycles. The fourth-order valence-electron chi connectivity index (χ4n) is 2.74. The lowest BCUT2D eigenvalue weighted by Crippen LogP contribution is -2.30. The summed E-state index contributed by atoms with van der Waals surface area (Å²) < 4.78 is 5.63. The molecule has 0 bridgehead atoms. The maximum atomic E-state index is 12.0. The monoisotopic (exact) mass is 327 g/mol. The number of pyridine rings is 1. The Morgan fingerprint density at radius 1 is 1.25 bits per heavy atom. The van der Waals surface area contributed by atoms with Crippen LogP contribution in [0.4, 0.5) is 5.82 Å². The molecule has 1 saturated heterocycles. The molecule has 0 spiro atoms. The lowest BCUT2D eigenvalue weighted by Gasteiger charge is -2.20. The summed E-state index contributed by atoms with van der Waals surface area (Å²) in [5.74, 6) is 0.766. The highest BCUT2D eigenvalue weighted by Crippen LogP contribution is 2.22. The number of nitrogens with zero attached hydrogens (tertiary/aromatic N) is 4. The Hall–Kier alpha value is -2.54. The molecular weight excluding hydrogens is 306 g/mol. The zero-order valence-corrected chi connectivity index (χ0v) is 13.8. The molecular formula is C17H21N5O2. The van der Waals surface area contributed by atoms with Gasteiger partial charge in [0.25, 0.3) is 5.91 Å². The van der Waals surface area contributed by atoms with Crippen LogP contribution >= 0.6 is 0 Å². The predicted octanol–water partition coefficient (Wildman–Crippen LogP) is 1.24. The van der Waals surface area contributed by atoms with Crippen molar-refractivity contribution in [1.29, 1.82) is 0 Å². The van der Waals surface area contributed by atoms with Crippen LogP contribution in [-0.2, 0) is 11.2 Å². The molecule has 2 aromatic heterocycles. The molecule has 2 atom stereocenters. The minimum absolute atomic E-state index is 0.136. The molecule has 0 aromatic carbocycles. The van der Waals surface area contributed by atoms with E-state index in [2.05, 4.69) is 20.3 Å². The summed E-state index contributed by atoms with van der Waals surface area (Å²) in [4.78, 5) is 26.0. The molecule has 1 fully saturated rings. The zero-order valence-electron chi connectivity index (χ0n) is 13.8. The van der Waals surface area contributed by atoms with Crippen molar-refractivity contribution in [2.75, 3.05) is 32.6 Å². The highest BCUT2D eigenvalue weighted by Gasteiger charge is 2.28. The van der Waals surface area contributed by atoms with Crippen molar-refractivity contribution >= 4 is 11.7 Å². The average molecular weight is 327 g/mol. The summed E-state index contributed by atoms with van der Waals surface area (Å²) in [6.07, 6.45) is 7.62. The fraction of sp³-hybridized carbons (Fsp3) is 0.412. The summed E-state index contributed by atoms with van der Waals surface area (Å²) in [5, 5.41) is 3.36. The Kier molecular flexibility index (Phi) is 5.00. The van der Waals surface area contributed by atoms with E-state index in [9.17, 15) is 4.79 Å². The van der Waals surface area contributed by atoms with Gasteiger partial charge in [0, 0.05) is 32.4 Å². The quantitative estimate of drug-likeness (QED) is 0.890. The van der Waals surface area contributed by atoms with Crippen molar-refractivity contribution < 1.29 is 9.53 Å². The summed E-state index contributed by atoms with van der Waals surface area (Å²) in [7, 11) is 3.39. The summed E-state index contributed by atoms with van der Waals surface area (Å²) in [6.45, 7) is 1.31. The Balaban J connectivity index is 1.68. The van der Waals surface area contributed by atoms with Crippen LogP contribution < -0.4 is 5.32 Å². The van der Waals surface area contributed by atoms with Crippen LogP contribution in [0.5, 0.6) is 0 Å². The van der Waals surface area contributed by atoms with E-state index in [4.69, 9.17) is 4.74 Å². The van der Waals surface area contributed by atoms with Crippen molar-refractivity contribution in [3.8, 4) is 0 Å². The Morgan fingerprint density at radius 2 is 2.04 bits per heavy atom. The minimum Gasteiger partial charge on any atom is -0.379 e. The van der Waals surface area contributed by atoms with Crippen LogP contribution in [0.3, 0.4) is 0 Å². The number of carbonyl (C=O) groups excluding carboxylic acids is 1. The molecule has 1 aliphatic heterocycles. The van der Waals surface area contributed by atoms with Gasteiger partial charge in [-0.05, 0) is 24.1 Å². The lowest BCUT2D eigenvalue weighted by atomic mass is 9.95. The number of hydrogen-bond acceptors (Lipinski definition) is 6. The second-order valence-electron chi connectivity index (χ2n) is 6.10. The van der Waals surface area contributed by atoms with Crippen LogP contribution in [-0.4, -0.2) is 59.1 Å². The zero-order chi connectivity index (χ0) is 16.9. The van der Waals surface area contributed by atoms with Gasteiger partial charge < -0.3 is 15.0 Å². The van der Waals surface area contributed by atoms with Gasteiger partial charge in [-0.2, -0.15) is 0 Å². The summed E-state index contributed by atoms with van der Waals surface area (Å²) >= 11 is 0. The number of carbonyl (C=O) groups is 1. The van der Waals surface area contributed by atoms with Crippen molar-refractivity contribution in [2.24, 2.45) is 5.92 Å². The van der Waals surface area contributed by atoms with Crippen molar-refractivity contribution in [3.05, 3.63) is 48.2 Å². The SMILES string of the molecule is CN(C)C(=O)c1cncc(N[C@@H]2COC[C@H]2Cc2ccncc2)n1. The van der Waals surface area contributed by atoms with Gasteiger partial charge in [0.1, 0.15) is 11.5 Å². The summed E-state index contributed by atoms with van der Waals surface area (Å²) in [5.41, 5.74) is 1.56. The molecule has 1 aliphatic rings. The van der Waals surface area contributed by atoms with Gasteiger partial charge in [-0.15, -0.1) is 0 Å². The maximum absolute atomic E-state index is 12.0. The Bertz CT molecular complexity index is 692. The van der Waals surface area contributed by atoms with E-state index < -0.39 is 0 Å². The molecule has 3 heterocycles. The van der Waals surface area contributed by atoms with E-state index in [1.807, 2.05) is 12.1 Å². The average Bonchev–Trinajstić information content (AvgIpc) is 3.02. The lowest BCUT2D eigenvalue weighted by molar-refractivity contribution is 0.0821. The van der Waals surface area contributed by atoms with E-state index in [0.29, 0.717) is 30.6 Å². The van der Waals surface area contributed by atoms with Crippen molar-refractivity contribution in [2.45, 2.75) is 12.5 Å². The third kappa shape index (κ3) is 3.86. The van der Waals surface area contributed by atoms with Gasteiger partial charge in [-0.1, -0.05) is 0 Å². The molecule has 3 rings (SSSR count). The van der Waals surface area contributed by atoms with Crippen molar-refractivity contribution in [3.63, 3.8) is 0 Å². The van der Waals surface area contributed by atoms with Crippen LogP contribution in [0.2, 0.25) is 0 Å². The van der Waals surface area contributed by atoms with Crippen LogP contribution in [0, 0.1) is 5.92 Å². The van der Waals surface area contributed by atoms with E-state index >= 15 is 0 Å². The van der Waals surface area contributed by atoms with Gasteiger partial charge in [-0.25, -0.2) is 4.98 Å². The van der Waals surface area contributed by atoms with Gasteiger partial charge >= 0.3 is 0 Å². The topological polar surface area (TPSA) is 80.2 Å². The van der Waals surface area contributed by atoms with Crippen LogP contribution in [0.1, 0.15) is 16.1 Å². The first-order valence-electron chi connectivity index (χ1n) is 7.90. The number of anilines is 1. The Morgan fingerprint density at radius 3 is 2.79 bits per heavy atom. The molecule has 0 radical (unpaired) electrons. The highest BCUT2D eigenvalue weighted by atomic mass is 16.5. The van der Waals surface area contributed by atoms with Gasteiger partial charge in [0.15, 0.2) is 0 Å². The molecule has 0 unspecified atom stereocenters. The van der Waals surface area contributed by atoms with E-state index in [1.54, 1.807) is 32.7 Å². The number of rotatable bonds is 5. The molecule has 1 N–H and O–H groups in total. The van der Waals surface area contributed by atoms with Gasteiger partial charge in [0.05, 0.1) is 31.6 Å². The molecule has 126 valence electrons. The second-order valence-corrected chi connectivity index (χ2v) is 6.10. The molecule has 7 heteroatoms. The summed E-state index contributed by atoms with van der Waals surface area (Å²) in [6, 6.07) is 4.18. The van der Waals surface area contributed by atoms with Gasteiger partial charge in [-0.3, -0.25) is 14.8 Å². The molecule has 24 heavy (non-hydrogen) atoms. The first-order chi connectivity index (χ1) is 11.6. The number of ether oxygens (including phenoxy) is 1. The highest BCUT2D eigenvalue weighted by molar-refractivity contribution is 5.91. The standard InChI is InChI=1S/C17H21N5O2/c1-22(2)17(23)14-8-19-9-16(20-14)21-15-11-24-10-13(15)7-12-3-5-18-6-4-12/h3-6,8-9,13,15H,7,10-11H2,1-2H3,(H,20,21)/t13-,15-/m1/s1. The number of nitrogens with one attached hydrogen (secondary N) is 1. The first kappa shape index (κ1) is 16.3. The van der Waals surface area contributed by atoms with Crippen molar-refractivity contribution in [1.82, 2.24) is 19.9 Å². The van der Waals surface area contributed by atoms with E-state index in [-0.39, 0.29) is 11.9 Å². The van der Waals surface area contributed by atoms with Gasteiger partial charge in [0.2, 0.25) is 0 Å². The molecule has 2 aromatic rings. The number of hydrogen-bond donors (Lipinski definition) is 1. The predicted molar refractivity (Wildman–Crippen MR) is 89.7 cm³/mol. The third-order valence-corrected chi connectivity index (χ3v) is 4.04. The second kappa shape index (κ2) is 7.35. The Labute approximate surface area is 141 Å². The number of aromatic nitrogens is 3. The number of amides is 1. The van der Waals surface area contributed by atoms with E-state index in [0.717, 1.165) is 6.42 Å². The van der Waals surface area contributed by atoms with E-state index in [1.165, 1.54) is 16.7 Å². The van der Waals surface area contributed by atoms with Crippen LogP contribution in [0.15, 0.2) is 36.9 Å². The smallest absolute Gasteiger partial charge is 0.273 e. The largest absolute Gasteiger partial charge is 0.379 e. The fourth-order valence-corrected chi connectivity index (χ4v) is 2.74. The molecule has 0 saturated carbocycles. The first-order valence-corrected chi connectivity index (χ1v) is 7.90.